The standard InChI is InChI=1S/C15H15NO5/c1-20-11-6-4-10(5-7-11)12(9-14(17)18)16-15(19)13-3-2-8-21-13/h2-8,12H,9H2,1H3,(H,16,19)(H,17,18)/t12-/m0/s1. The Kier molecular flexibility index (Phi) is 4.61. The van der Waals surface area contributed by atoms with Gasteiger partial charge in [-0.05, 0) is 29.8 Å². The number of nitrogens with one attached hydrogen (secondary N) is 1. The number of furan rings is 1. The SMILES string of the molecule is COc1ccc([C@H](CC(=O)O)NC(=O)c2ccco2)cc1. The molecule has 1 amide bonds. The molecular formula is C15H15NO5. The number of carbonyl (C=O) groups excluding carboxylic acids is 1. The van der Waals surface area contributed by atoms with Crippen LogP contribution in [0.5, 0.6) is 5.75 Å². The summed E-state index contributed by atoms with van der Waals surface area (Å²) in [6.45, 7) is 0. The fraction of sp³-hybridized carbons (Fsp3) is 0.200. The summed E-state index contributed by atoms with van der Waals surface area (Å²) < 4.78 is 10.0. The maximum Gasteiger partial charge on any atom is 0.305 e. The lowest BCUT2D eigenvalue weighted by Crippen LogP contribution is -2.29. The Hall–Kier alpha value is -2.76. The fourth-order valence-corrected chi connectivity index (χ4v) is 1.90. The van der Waals surface area contributed by atoms with Crippen molar-refractivity contribution in [2.45, 2.75) is 12.5 Å². The van der Waals surface area contributed by atoms with Gasteiger partial charge in [-0.1, -0.05) is 12.1 Å². The van der Waals surface area contributed by atoms with Gasteiger partial charge >= 0.3 is 5.97 Å². The van der Waals surface area contributed by atoms with E-state index >= 15 is 0 Å². The summed E-state index contributed by atoms with van der Waals surface area (Å²) in [5.74, 6) is -0.665. The highest BCUT2D eigenvalue weighted by atomic mass is 16.5. The van der Waals surface area contributed by atoms with Gasteiger partial charge in [0.1, 0.15) is 5.75 Å². The molecule has 6 heteroatoms. The number of hydrogen-bond acceptors (Lipinski definition) is 4. The minimum absolute atomic E-state index is 0.138. The smallest absolute Gasteiger partial charge is 0.305 e. The monoisotopic (exact) mass is 289 g/mol. The van der Waals surface area contributed by atoms with Gasteiger partial charge in [0.15, 0.2) is 5.76 Å². The van der Waals surface area contributed by atoms with Crippen LogP contribution in [-0.4, -0.2) is 24.1 Å². The van der Waals surface area contributed by atoms with E-state index in [1.54, 1.807) is 37.4 Å². The Morgan fingerprint density at radius 3 is 2.52 bits per heavy atom. The quantitative estimate of drug-likeness (QED) is 0.851. The summed E-state index contributed by atoms with van der Waals surface area (Å²) in [5, 5.41) is 11.6. The van der Waals surface area contributed by atoms with Crippen LogP contribution in [0, 0.1) is 0 Å². The molecule has 1 aromatic heterocycles. The molecular weight excluding hydrogens is 274 g/mol. The van der Waals surface area contributed by atoms with Crippen molar-refractivity contribution < 1.29 is 23.8 Å². The Morgan fingerprint density at radius 1 is 1.29 bits per heavy atom. The summed E-state index contributed by atoms with van der Waals surface area (Å²) in [5.41, 5.74) is 0.679. The van der Waals surface area contributed by atoms with Gasteiger partial charge in [0.05, 0.1) is 25.8 Å². The van der Waals surface area contributed by atoms with Gasteiger partial charge < -0.3 is 19.6 Å². The highest BCUT2D eigenvalue weighted by Gasteiger charge is 2.20. The Labute approximate surface area is 121 Å². The molecule has 0 saturated carbocycles. The van der Waals surface area contributed by atoms with Crippen molar-refractivity contribution in [2.75, 3.05) is 7.11 Å². The molecule has 1 aromatic carbocycles. The molecule has 110 valence electrons. The lowest BCUT2D eigenvalue weighted by atomic mass is 10.0. The van der Waals surface area contributed by atoms with Gasteiger partial charge in [0.25, 0.3) is 5.91 Å². The molecule has 2 aromatic rings. The van der Waals surface area contributed by atoms with E-state index in [1.165, 1.54) is 12.3 Å². The zero-order valence-electron chi connectivity index (χ0n) is 11.4. The van der Waals surface area contributed by atoms with Crippen molar-refractivity contribution in [2.24, 2.45) is 0 Å². The van der Waals surface area contributed by atoms with E-state index in [9.17, 15) is 9.59 Å². The van der Waals surface area contributed by atoms with E-state index in [-0.39, 0.29) is 12.2 Å². The largest absolute Gasteiger partial charge is 0.497 e. The summed E-state index contributed by atoms with van der Waals surface area (Å²) in [7, 11) is 1.54. The summed E-state index contributed by atoms with van der Waals surface area (Å²) in [6, 6.07) is 9.32. The summed E-state index contributed by atoms with van der Waals surface area (Å²) in [4.78, 5) is 22.9. The van der Waals surface area contributed by atoms with Crippen molar-refractivity contribution in [3.8, 4) is 5.75 Å². The van der Waals surface area contributed by atoms with Crippen molar-refractivity contribution in [3.05, 3.63) is 54.0 Å². The third-order valence-corrected chi connectivity index (χ3v) is 2.95. The van der Waals surface area contributed by atoms with E-state index in [0.29, 0.717) is 11.3 Å². The normalized spacial score (nSPS) is 11.7. The second kappa shape index (κ2) is 6.60. The van der Waals surface area contributed by atoms with E-state index in [2.05, 4.69) is 5.32 Å². The van der Waals surface area contributed by atoms with E-state index in [4.69, 9.17) is 14.3 Å². The average molecular weight is 289 g/mol. The van der Waals surface area contributed by atoms with Gasteiger partial charge in [-0.15, -0.1) is 0 Å². The lowest BCUT2D eigenvalue weighted by Gasteiger charge is -2.17. The third-order valence-electron chi connectivity index (χ3n) is 2.95. The zero-order valence-corrected chi connectivity index (χ0v) is 11.4. The first-order valence-corrected chi connectivity index (χ1v) is 6.30. The van der Waals surface area contributed by atoms with Gasteiger partial charge in [0, 0.05) is 0 Å². The fourth-order valence-electron chi connectivity index (χ4n) is 1.90. The number of benzene rings is 1. The van der Waals surface area contributed by atoms with Gasteiger partial charge in [-0.2, -0.15) is 0 Å². The number of aliphatic carboxylic acids is 1. The number of carbonyl (C=O) groups is 2. The van der Waals surface area contributed by atoms with Crippen molar-refractivity contribution in [1.29, 1.82) is 0 Å². The molecule has 0 fully saturated rings. The zero-order chi connectivity index (χ0) is 15.2. The van der Waals surface area contributed by atoms with Gasteiger partial charge in [-0.3, -0.25) is 9.59 Å². The molecule has 6 nitrogen and oxygen atoms in total. The first-order chi connectivity index (χ1) is 10.1. The van der Waals surface area contributed by atoms with E-state index in [0.717, 1.165) is 0 Å². The Bertz CT molecular complexity index is 604. The maximum absolute atomic E-state index is 12.0. The average Bonchev–Trinajstić information content (AvgIpc) is 3.00. The van der Waals surface area contributed by atoms with Crippen LogP contribution in [-0.2, 0) is 4.79 Å². The molecule has 2 rings (SSSR count). The van der Waals surface area contributed by atoms with Crippen LogP contribution in [0.2, 0.25) is 0 Å². The first kappa shape index (κ1) is 14.6. The molecule has 0 unspecified atom stereocenters. The molecule has 0 spiro atoms. The molecule has 1 atom stereocenters. The van der Waals surface area contributed by atoms with Crippen LogP contribution >= 0.6 is 0 Å². The second-order valence-corrected chi connectivity index (χ2v) is 4.37. The Morgan fingerprint density at radius 2 is 2.00 bits per heavy atom. The molecule has 0 aliphatic heterocycles. The summed E-state index contributed by atoms with van der Waals surface area (Å²) >= 11 is 0. The second-order valence-electron chi connectivity index (χ2n) is 4.37. The van der Waals surface area contributed by atoms with Crippen LogP contribution in [0.1, 0.15) is 28.6 Å². The number of rotatable bonds is 6. The molecule has 0 radical (unpaired) electrons. The molecule has 0 aliphatic carbocycles. The van der Waals surface area contributed by atoms with Crippen LogP contribution in [0.15, 0.2) is 47.1 Å². The van der Waals surface area contributed by atoms with Crippen molar-refractivity contribution in [3.63, 3.8) is 0 Å². The topological polar surface area (TPSA) is 88.8 Å². The number of ether oxygens (including phenoxy) is 1. The lowest BCUT2D eigenvalue weighted by molar-refractivity contribution is -0.137. The number of carboxylic acid groups (broad SMARTS) is 1. The number of carboxylic acids is 1. The number of methoxy groups -OCH3 is 1. The number of amides is 1. The highest BCUT2D eigenvalue weighted by Crippen LogP contribution is 2.21. The Balaban J connectivity index is 2.17. The van der Waals surface area contributed by atoms with Crippen molar-refractivity contribution >= 4 is 11.9 Å². The summed E-state index contributed by atoms with van der Waals surface area (Å²) in [6.07, 6.45) is 1.16. The van der Waals surface area contributed by atoms with Gasteiger partial charge in [-0.25, -0.2) is 0 Å². The minimum atomic E-state index is -1.00. The molecule has 0 aliphatic rings. The van der Waals surface area contributed by atoms with Crippen LogP contribution in [0.25, 0.3) is 0 Å². The predicted octanol–water partition coefficient (Wildman–Crippen LogP) is 2.23. The molecule has 2 N–H and O–H groups in total. The van der Waals surface area contributed by atoms with Gasteiger partial charge in [0.2, 0.25) is 0 Å². The molecule has 0 saturated heterocycles. The first-order valence-electron chi connectivity index (χ1n) is 6.30. The van der Waals surface area contributed by atoms with Crippen LogP contribution < -0.4 is 10.1 Å². The minimum Gasteiger partial charge on any atom is -0.497 e. The van der Waals surface area contributed by atoms with E-state index < -0.39 is 17.9 Å². The predicted molar refractivity (Wildman–Crippen MR) is 74.2 cm³/mol. The number of hydrogen-bond donors (Lipinski definition) is 2. The molecule has 1 heterocycles. The molecule has 21 heavy (non-hydrogen) atoms. The van der Waals surface area contributed by atoms with Crippen LogP contribution in [0.3, 0.4) is 0 Å². The van der Waals surface area contributed by atoms with E-state index in [1.807, 2.05) is 0 Å². The molecule has 0 bridgehead atoms. The van der Waals surface area contributed by atoms with Crippen molar-refractivity contribution in [1.82, 2.24) is 5.32 Å². The van der Waals surface area contributed by atoms with Crippen LogP contribution in [0.4, 0.5) is 0 Å². The highest BCUT2D eigenvalue weighted by molar-refractivity contribution is 5.91. The maximum atomic E-state index is 12.0. The third kappa shape index (κ3) is 3.85.